The molecule has 5 nitrogen and oxygen atoms in total. The predicted molar refractivity (Wildman–Crippen MR) is 62.8 cm³/mol. The molecule has 0 aliphatic heterocycles. The zero-order valence-electron chi connectivity index (χ0n) is 9.10. The molecule has 0 spiro atoms. The molecule has 84 valence electrons. The van der Waals surface area contributed by atoms with Crippen LogP contribution in [-0.4, -0.2) is 22.3 Å². The van der Waals surface area contributed by atoms with Crippen LogP contribution < -0.4 is 10.1 Å². The van der Waals surface area contributed by atoms with E-state index in [9.17, 15) is 0 Å². The summed E-state index contributed by atoms with van der Waals surface area (Å²) in [5, 5.41) is 12.8. The summed E-state index contributed by atoms with van der Waals surface area (Å²) in [6.45, 7) is 2.55. The molecule has 0 unspecified atom stereocenters. The van der Waals surface area contributed by atoms with E-state index < -0.39 is 0 Å². The van der Waals surface area contributed by atoms with Crippen LogP contribution in [0.2, 0.25) is 0 Å². The topological polar surface area (TPSA) is 59.9 Å². The standard InChI is InChI=1S/C10H12N4OS/c1-7-13-14-10(16-7)12-6-8-4-3-5-11-9(8)15-2/h3-5H,6H2,1-2H3,(H,12,14). The molecule has 0 radical (unpaired) electrons. The average Bonchev–Trinajstić information content (AvgIpc) is 2.73. The molecule has 0 saturated carbocycles. The Hall–Kier alpha value is -1.69. The zero-order chi connectivity index (χ0) is 11.4. The summed E-state index contributed by atoms with van der Waals surface area (Å²) in [5.41, 5.74) is 0.998. The van der Waals surface area contributed by atoms with Crippen LogP contribution in [0, 0.1) is 6.92 Å². The molecule has 0 amide bonds. The molecular weight excluding hydrogens is 224 g/mol. The molecule has 6 heteroatoms. The summed E-state index contributed by atoms with van der Waals surface area (Å²) in [6.07, 6.45) is 1.71. The van der Waals surface area contributed by atoms with E-state index in [0.29, 0.717) is 12.4 Å². The number of hydrogen-bond donors (Lipinski definition) is 1. The van der Waals surface area contributed by atoms with Crippen molar-refractivity contribution in [3.63, 3.8) is 0 Å². The van der Waals surface area contributed by atoms with Gasteiger partial charge < -0.3 is 10.1 Å². The van der Waals surface area contributed by atoms with Gasteiger partial charge in [-0.15, -0.1) is 10.2 Å². The minimum Gasteiger partial charge on any atom is -0.481 e. The Morgan fingerprint density at radius 3 is 3.00 bits per heavy atom. The van der Waals surface area contributed by atoms with Crippen molar-refractivity contribution in [1.82, 2.24) is 15.2 Å². The molecule has 1 N–H and O–H groups in total. The Kier molecular flexibility index (Phi) is 3.31. The highest BCUT2D eigenvalue weighted by molar-refractivity contribution is 7.15. The molecule has 2 aromatic heterocycles. The van der Waals surface area contributed by atoms with Gasteiger partial charge in [0.05, 0.1) is 7.11 Å². The van der Waals surface area contributed by atoms with Crippen molar-refractivity contribution in [2.75, 3.05) is 12.4 Å². The summed E-state index contributed by atoms with van der Waals surface area (Å²) >= 11 is 1.53. The fraction of sp³-hybridized carbons (Fsp3) is 0.300. The maximum Gasteiger partial charge on any atom is 0.218 e. The number of methoxy groups -OCH3 is 1. The lowest BCUT2D eigenvalue weighted by Gasteiger charge is -2.06. The summed E-state index contributed by atoms with van der Waals surface area (Å²) in [7, 11) is 1.61. The van der Waals surface area contributed by atoms with Crippen molar-refractivity contribution in [3.05, 3.63) is 28.9 Å². The van der Waals surface area contributed by atoms with Crippen LogP contribution in [0.4, 0.5) is 5.13 Å². The van der Waals surface area contributed by atoms with Gasteiger partial charge in [-0.3, -0.25) is 0 Å². The first kappa shape index (κ1) is 10.8. The number of nitrogens with zero attached hydrogens (tertiary/aromatic N) is 3. The van der Waals surface area contributed by atoms with E-state index >= 15 is 0 Å². The van der Waals surface area contributed by atoms with Crippen molar-refractivity contribution in [3.8, 4) is 5.88 Å². The summed E-state index contributed by atoms with van der Waals surface area (Å²) in [6, 6.07) is 3.84. The Morgan fingerprint density at radius 2 is 2.31 bits per heavy atom. The smallest absolute Gasteiger partial charge is 0.218 e. The van der Waals surface area contributed by atoms with E-state index in [4.69, 9.17) is 4.74 Å². The average molecular weight is 236 g/mol. The Balaban J connectivity index is 2.04. The first-order valence-electron chi connectivity index (χ1n) is 4.81. The maximum absolute atomic E-state index is 5.16. The van der Waals surface area contributed by atoms with Gasteiger partial charge in [0.1, 0.15) is 5.01 Å². The number of pyridine rings is 1. The summed E-state index contributed by atoms with van der Waals surface area (Å²) in [4.78, 5) is 4.12. The highest BCUT2D eigenvalue weighted by atomic mass is 32.1. The van der Waals surface area contributed by atoms with Crippen molar-refractivity contribution in [1.29, 1.82) is 0 Å². The molecule has 2 aromatic rings. The van der Waals surface area contributed by atoms with Crippen LogP contribution >= 0.6 is 11.3 Å². The lowest BCUT2D eigenvalue weighted by atomic mass is 10.3. The SMILES string of the molecule is COc1ncccc1CNc1nnc(C)s1. The Morgan fingerprint density at radius 1 is 1.44 bits per heavy atom. The van der Waals surface area contributed by atoms with Gasteiger partial charge in [-0.2, -0.15) is 0 Å². The molecule has 0 aromatic carbocycles. The third kappa shape index (κ3) is 2.46. The number of ether oxygens (including phenoxy) is 1. The van der Waals surface area contributed by atoms with Gasteiger partial charge in [0.15, 0.2) is 0 Å². The first-order valence-corrected chi connectivity index (χ1v) is 5.63. The lowest BCUT2D eigenvalue weighted by molar-refractivity contribution is 0.393. The number of aryl methyl sites for hydroxylation is 1. The van der Waals surface area contributed by atoms with Crippen LogP contribution in [0.5, 0.6) is 5.88 Å². The monoisotopic (exact) mass is 236 g/mol. The van der Waals surface area contributed by atoms with Crippen molar-refractivity contribution in [2.45, 2.75) is 13.5 Å². The van der Waals surface area contributed by atoms with Crippen LogP contribution in [0.1, 0.15) is 10.6 Å². The molecule has 2 rings (SSSR count). The van der Waals surface area contributed by atoms with Gasteiger partial charge in [-0.25, -0.2) is 4.98 Å². The number of rotatable bonds is 4. The normalized spacial score (nSPS) is 10.1. The molecule has 0 fully saturated rings. The zero-order valence-corrected chi connectivity index (χ0v) is 9.91. The molecule has 0 atom stereocenters. The van der Waals surface area contributed by atoms with Gasteiger partial charge in [0.2, 0.25) is 11.0 Å². The first-order chi connectivity index (χ1) is 7.79. The summed E-state index contributed by atoms with van der Waals surface area (Å²) < 4.78 is 5.16. The van der Waals surface area contributed by atoms with Gasteiger partial charge in [-0.05, 0) is 13.0 Å². The quantitative estimate of drug-likeness (QED) is 0.878. The van der Waals surface area contributed by atoms with E-state index in [1.165, 1.54) is 11.3 Å². The second-order valence-electron chi connectivity index (χ2n) is 3.15. The van der Waals surface area contributed by atoms with E-state index in [0.717, 1.165) is 15.7 Å². The highest BCUT2D eigenvalue weighted by Gasteiger charge is 2.04. The van der Waals surface area contributed by atoms with Gasteiger partial charge in [0, 0.05) is 18.3 Å². The minimum absolute atomic E-state index is 0.631. The fourth-order valence-corrected chi connectivity index (χ4v) is 1.87. The van der Waals surface area contributed by atoms with E-state index in [-0.39, 0.29) is 0 Å². The van der Waals surface area contributed by atoms with Crippen LogP contribution in [0.25, 0.3) is 0 Å². The van der Waals surface area contributed by atoms with Gasteiger partial charge in [-0.1, -0.05) is 17.4 Å². The molecule has 16 heavy (non-hydrogen) atoms. The Labute approximate surface area is 97.5 Å². The number of anilines is 1. The largest absolute Gasteiger partial charge is 0.481 e. The van der Waals surface area contributed by atoms with Crippen LogP contribution in [0.15, 0.2) is 18.3 Å². The molecule has 2 heterocycles. The highest BCUT2D eigenvalue weighted by Crippen LogP contribution is 2.18. The third-order valence-electron chi connectivity index (χ3n) is 2.00. The second kappa shape index (κ2) is 4.89. The number of nitrogens with one attached hydrogen (secondary N) is 1. The van der Waals surface area contributed by atoms with Gasteiger partial charge >= 0.3 is 0 Å². The second-order valence-corrected chi connectivity index (χ2v) is 4.33. The van der Waals surface area contributed by atoms with Crippen molar-refractivity contribution in [2.24, 2.45) is 0 Å². The number of hydrogen-bond acceptors (Lipinski definition) is 6. The van der Waals surface area contributed by atoms with E-state index in [1.54, 1.807) is 13.3 Å². The van der Waals surface area contributed by atoms with Crippen molar-refractivity contribution < 1.29 is 4.74 Å². The maximum atomic E-state index is 5.16. The van der Waals surface area contributed by atoms with Crippen molar-refractivity contribution >= 4 is 16.5 Å². The predicted octanol–water partition coefficient (Wildman–Crippen LogP) is 1.86. The minimum atomic E-state index is 0.631. The molecule has 0 bridgehead atoms. The fourth-order valence-electron chi connectivity index (χ4n) is 1.28. The van der Waals surface area contributed by atoms with E-state index in [2.05, 4.69) is 20.5 Å². The molecule has 0 aliphatic carbocycles. The van der Waals surface area contributed by atoms with E-state index in [1.807, 2.05) is 19.1 Å². The molecule has 0 aliphatic rings. The lowest BCUT2D eigenvalue weighted by Crippen LogP contribution is -2.02. The number of aromatic nitrogens is 3. The molecule has 0 saturated heterocycles. The van der Waals surface area contributed by atoms with Crippen LogP contribution in [-0.2, 0) is 6.54 Å². The summed E-state index contributed by atoms with van der Waals surface area (Å²) in [5.74, 6) is 0.635. The molecular formula is C10H12N4OS. The van der Waals surface area contributed by atoms with Crippen LogP contribution in [0.3, 0.4) is 0 Å². The third-order valence-corrected chi connectivity index (χ3v) is 2.80. The Bertz CT molecular complexity index is 471. The van der Waals surface area contributed by atoms with Gasteiger partial charge in [0.25, 0.3) is 0 Å².